The number of nitrogens with zero attached hydrogens (tertiary/aromatic N) is 1. The Hall–Kier alpha value is -3.48. The summed E-state index contributed by atoms with van der Waals surface area (Å²) in [7, 11) is 2.98. The number of hydrogen-bond acceptors (Lipinski definition) is 5. The minimum atomic E-state index is -0.375. The lowest BCUT2D eigenvalue weighted by atomic mass is 10.1. The van der Waals surface area contributed by atoms with Gasteiger partial charge in [-0.2, -0.15) is 0 Å². The van der Waals surface area contributed by atoms with Gasteiger partial charge in [-0.25, -0.2) is 0 Å². The van der Waals surface area contributed by atoms with Crippen LogP contribution in [-0.2, 0) is 4.79 Å². The van der Waals surface area contributed by atoms with E-state index in [0.29, 0.717) is 40.7 Å². The Bertz CT molecular complexity index is 916. The van der Waals surface area contributed by atoms with E-state index in [-0.39, 0.29) is 18.4 Å². The minimum absolute atomic E-state index is 0.0575. The average Bonchev–Trinajstić information content (AvgIpc) is 2.69. The highest BCUT2D eigenvalue weighted by Gasteiger charge is 2.26. The summed E-state index contributed by atoms with van der Waals surface area (Å²) in [6.07, 6.45) is 0. The van der Waals surface area contributed by atoms with Crippen molar-refractivity contribution in [1.82, 2.24) is 0 Å². The van der Waals surface area contributed by atoms with Gasteiger partial charge in [0.1, 0.15) is 22.8 Å². The van der Waals surface area contributed by atoms with Gasteiger partial charge in [0.25, 0.3) is 11.8 Å². The fourth-order valence-electron chi connectivity index (χ4n) is 2.99. The van der Waals surface area contributed by atoms with E-state index in [1.54, 1.807) is 41.3 Å². The molecule has 1 aliphatic heterocycles. The topological polar surface area (TPSA) is 77.1 Å². The Morgan fingerprint density at radius 2 is 1.89 bits per heavy atom. The summed E-state index contributed by atoms with van der Waals surface area (Å²) in [4.78, 5) is 26.6. The summed E-state index contributed by atoms with van der Waals surface area (Å²) in [5.41, 5.74) is 2.33. The van der Waals surface area contributed by atoms with Crippen molar-refractivity contribution >= 4 is 23.2 Å². The van der Waals surface area contributed by atoms with Gasteiger partial charge >= 0.3 is 0 Å². The predicted molar refractivity (Wildman–Crippen MR) is 107 cm³/mol. The molecule has 3 rings (SSSR count). The first-order chi connectivity index (χ1) is 13.4. The number of rotatable bonds is 6. The number of amides is 2. The number of anilines is 2. The summed E-state index contributed by atoms with van der Waals surface area (Å²) in [6.45, 7) is 6.08. The first kappa shape index (κ1) is 19.3. The van der Waals surface area contributed by atoms with Crippen molar-refractivity contribution in [2.75, 3.05) is 37.6 Å². The van der Waals surface area contributed by atoms with Crippen LogP contribution >= 0.6 is 0 Å². The van der Waals surface area contributed by atoms with Crippen LogP contribution in [0.1, 0.15) is 17.3 Å². The van der Waals surface area contributed by atoms with Crippen LogP contribution in [0.2, 0.25) is 0 Å². The molecule has 0 bridgehead atoms. The highest BCUT2D eigenvalue weighted by atomic mass is 16.5. The smallest absolute Gasteiger partial charge is 0.265 e. The van der Waals surface area contributed by atoms with Crippen LogP contribution in [0.4, 0.5) is 11.4 Å². The van der Waals surface area contributed by atoms with Gasteiger partial charge in [-0.15, -0.1) is 0 Å². The largest absolute Gasteiger partial charge is 0.496 e. The molecule has 7 heteroatoms. The summed E-state index contributed by atoms with van der Waals surface area (Å²) < 4.78 is 16.1. The minimum Gasteiger partial charge on any atom is -0.496 e. The molecule has 0 radical (unpaired) electrons. The number of benzene rings is 2. The summed E-state index contributed by atoms with van der Waals surface area (Å²) in [5.74, 6) is 0.824. The SMILES string of the molecule is C=C(C)CN1C(=O)COc2cc(NC(=O)c3c(OC)cccc3OC)ccc21. The van der Waals surface area contributed by atoms with Gasteiger partial charge in [0.15, 0.2) is 6.61 Å². The molecule has 0 atom stereocenters. The molecule has 28 heavy (non-hydrogen) atoms. The normalized spacial score (nSPS) is 12.7. The van der Waals surface area contributed by atoms with Crippen molar-refractivity contribution in [3.63, 3.8) is 0 Å². The molecule has 1 N–H and O–H groups in total. The molecule has 0 saturated heterocycles. The van der Waals surface area contributed by atoms with Crippen LogP contribution in [0.25, 0.3) is 0 Å². The van der Waals surface area contributed by atoms with E-state index < -0.39 is 0 Å². The Balaban J connectivity index is 1.88. The lowest BCUT2D eigenvalue weighted by Gasteiger charge is -2.29. The maximum atomic E-state index is 12.8. The number of carbonyl (C=O) groups is 2. The molecule has 2 aromatic carbocycles. The third-order valence-corrected chi connectivity index (χ3v) is 4.24. The van der Waals surface area contributed by atoms with Crippen LogP contribution < -0.4 is 24.4 Å². The fourth-order valence-corrected chi connectivity index (χ4v) is 2.99. The molecule has 146 valence electrons. The van der Waals surface area contributed by atoms with Crippen molar-refractivity contribution in [3.8, 4) is 17.2 Å². The Kier molecular flexibility index (Phi) is 5.54. The van der Waals surface area contributed by atoms with E-state index in [4.69, 9.17) is 14.2 Å². The Morgan fingerprint density at radius 1 is 1.21 bits per heavy atom. The third-order valence-electron chi connectivity index (χ3n) is 4.24. The number of nitrogens with one attached hydrogen (secondary N) is 1. The molecule has 1 aliphatic rings. The zero-order chi connectivity index (χ0) is 20.3. The molecule has 2 aromatic rings. The number of fused-ring (bicyclic) bond motifs is 1. The molecule has 7 nitrogen and oxygen atoms in total. The van der Waals surface area contributed by atoms with Crippen LogP contribution in [0.3, 0.4) is 0 Å². The van der Waals surface area contributed by atoms with E-state index >= 15 is 0 Å². The zero-order valence-electron chi connectivity index (χ0n) is 16.1. The van der Waals surface area contributed by atoms with Crippen molar-refractivity contribution < 1.29 is 23.8 Å². The molecule has 0 saturated carbocycles. The van der Waals surface area contributed by atoms with Gasteiger partial charge in [0.05, 0.1) is 19.9 Å². The molecule has 0 aliphatic carbocycles. The van der Waals surface area contributed by atoms with Crippen LogP contribution in [0.15, 0.2) is 48.6 Å². The standard InChI is InChI=1S/C21H22N2O5/c1-13(2)11-23-15-9-8-14(10-18(15)28-12-19(23)24)22-21(25)20-16(26-3)6-5-7-17(20)27-4/h5-10H,1,11-12H2,2-4H3,(H,22,25). The second kappa shape index (κ2) is 8.04. The molecule has 0 aromatic heterocycles. The molecule has 0 spiro atoms. The van der Waals surface area contributed by atoms with Crippen molar-refractivity contribution in [3.05, 3.63) is 54.1 Å². The molecule has 0 fully saturated rings. The van der Waals surface area contributed by atoms with Crippen LogP contribution in [0.5, 0.6) is 17.2 Å². The lowest BCUT2D eigenvalue weighted by Crippen LogP contribution is -2.39. The second-order valence-electron chi connectivity index (χ2n) is 6.40. The first-order valence-electron chi connectivity index (χ1n) is 8.68. The van der Waals surface area contributed by atoms with Crippen molar-refractivity contribution in [2.45, 2.75) is 6.92 Å². The van der Waals surface area contributed by atoms with Crippen LogP contribution in [-0.4, -0.2) is 39.2 Å². The van der Waals surface area contributed by atoms with Crippen molar-refractivity contribution in [2.24, 2.45) is 0 Å². The van der Waals surface area contributed by atoms with E-state index in [1.165, 1.54) is 14.2 Å². The average molecular weight is 382 g/mol. The zero-order valence-corrected chi connectivity index (χ0v) is 16.1. The maximum Gasteiger partial charge on any atom is 0.265 e. The molecule has 1 heterocycles. The van der Waals surface area contributed by atoms with Gasteiger partial charge in [-0.05, 0) is 31.2 Å². The van der Waals surface area contributed by atoms with Crippen molar-refractivity contribution in [1.29, 1.82) is 0 Å². The monoisotopic (exact) mass is 382 g/mol. The maximum absolute atomic E-state index is 12.8. The third kappa shape index (κ3) is 3.78. The van der Waals surface area contributed by atoms with Gasteiger partial charge in [0, 0.05) is 18.3 Å². The predicted octanol–water partition coefficient (Wildman–Crippen LogP) is 3.26. The fraction of sp³-hybridized carbons (Fsp3) is 0.238. The first-order valence-corrected chi connectivity index (χ1v) is 8.68. The van der Waals surface area contributed by atoms with Gasteiger partial charge in [0.2, 0.25) is 0 Å². The Morgan fingerprint density at radius 3 is 2.50 bits per heavy atom. The molecular weight excluding hydrogens is 360 g/mol. The quantitative estimate of drug-likeness (QED) is 0.776. The molecule has 2 amide bonds. The number of methoxy groups -OCH3 is 2. The van der Waals surface area contributed by atoms with Gasteiger partial charge in [-0.3, -0.25) is 9.59 Å². The van der Waals surface area contributed by atoms with Crippen LogP contribution in [0, 0.1) is 0 Å². The molecule has 0 unspecified atom stereocenters. The summed E-state index contributed by atoms with van der Waals surface area (Å²) in [5, 5.41) is 2.82. The second-order valence-corrected chi connectivity index (χ2v) is 6.40. The highest BCUT2D eigenvalue weighted by molar-refractivity contribution is 6.08. The van der Waals surface area contributed by atoms with E-state index in [1.807, 2.05) is 6.92 Å². The lowest BCUT2D eigenvalue weighted by molar-refractivity contribution is -0.121. The molecular formula is C21H22N2O5. The van der Waals surface area contributed by atoms with Gasteiger partial charge in [-0.1, -0.05) is 18.2 Å². The summed E-state index contributed by atoms with van der Waals surface area (Å²) in [6, 6.07) is 10.3. The van der Waals surface area contributed by atoms with E-state index in [9.17, 15) is 9.59 Å². The van der Waals surface area contributed by atoms with E-state index in [0.717, 1.165) is 5.57 Å². The number of hydrogen-bond donors (Lipinski definition) is 1. The highest BCUT2D eigenvalue weighted by Crippen LogP contribution is 2.36. The number of ether oxygens (including phenoxy) is 3. The number of carbonyl (C=O) groups excluding carboxylic acids is 2. The summed E-state index contributed by atoms with van der Waals surface area (Å²) >= 11 is 0. The van der Waals surface area contributed by atoms with Gasteiger partial charge < -0.3 is 24.4 Å². The van der Waals surface area contributed by atoms with E-state index in [2.05, 4.69) is 11.9 Å². The Labute approximate surface area is 163 Å².